The number of hydrogen-bond donors (Lipinski definition) is 3. The Balaban J connectivity index is 2.50. The molecule has 2 amide bonds. The maximum atomic E-state index is 12.2. The molecule has 1 aromatic carbocycles. The molecule has 0 radical (unpaired) electrons. The number of carbonyl (C=O) groups is 3. The van der Waals surface area contributed by atoms with Crippen molar-refractivity contribution < 1.29 is 19.1 Å². The molecule has 0 fully saturated rings. The van der Waals surface area contributed by atoms with Gasteiger partial charge >= 0.3 is 5.97 Å². The fraction of sp³-hybridized carbons (Fsp3) is 0.474. The van der Waals surface area contributed by atoms with E-state index in [1.165, 1.54) is 0 Å². The van der Waals surface area contributed by atoms with Gasteiger partial charge in [0.25, 0.3) is 5.91 Å². The van der Waals surface area contributed by atoms with Crippen LogP contribution in [0.4, 0.5) is 5.69 Å². The fourth-order valence-electron chi connectivity index (χ4n) is 2.00. The van der Waals surface area contributed by atoms with E-state index in [2.05, 4.69) is 16.0 Å². The first-order chi connectivity index (χ1) is 12.8. The molecule has 0 saturated heterocycles. The summed E-state index contributed by atoms with van der Waals surface area (Å²) >= 11 is 5.10. The molecule has 0 bridgehead atoms. The first-order valence-corrected chi connectivity index (χ1v) is 9.43. The summed E-state index contributed by atoms with van der Waals surface area (Å²) in [6, 6.07) is 6.89. The second-order valence-corrected chi connectivity index (χ2v) is 6.49. The van der Waals surface area contributed by atoms with Crippen molar-refractivity contribution in [2.24, 2.45) is 0 Å². The lowest BCUT2D eigenvalue weighted by molar-refractivity contribution is -0.144. The van der Waals surface area contributed by atoms with Crippen LogP contribution < -0.4 is 16.0 Å². The van der Waals surface area contributed by atoms with Crippen LogP contribution in [0.25, 0.3) is 0 Å². The van der Waals surface area contributed by atoms with Gasteiger partial charge in [-0.25, -0.2) is 0 Å². The molecule has 27 heavy (non-hydrogen) atoms. The SMILES string of the molecule is CCCOC(=O)CCC(=O)NC(=S)Nc1cccc(C(=O)NC(C)CC)c1. The Labute approximate surface area is 165 Å². The first kappa shape index (κ1) is 22.6. The van der Waals surface area contributed by atoms with Gasteiger partial charge in [-0.05, 0) is 50.2 Å². The highest BCUT2D eigenvalue weighted by atomic mass is 32.1. The summed E-state index contributed by atoms with van der Waals surface area (Å²) in [4.78, 5) is 35.4. The van der Waals surface area contributed by atoms with Gasteiger partial charge in [-0.2, -0.15) is 0 Å². The van der Waals surface area contributed by atoms with Gasteiger partial charge in [-0.3, -0.25) is 14.4 Å². The lowest BCUT2D eigenvalue weighted by Gasteiger charge is -2.13. The molecule has 3 N–H and O–H groups in total. The number of hydrogen-bond acceptors (Lipinski definition) is 5. The molecule has 1 aromatic rings. The van der Waals surface area contributed by atoms with Crippen molar-refractivity contribution in [2.45, 2.75) is 52.5 Å². The summed E-state index contributed by atoms with van der Waals surface area (Å²) in [6.07, 6.45) is 1.56. The highest BCUT2D eigenvalue weighted by Crippen LogP contribution is 2.11. The number of amides is 2. The second kappa shape index (κ2) is 12.0. The summed E-state index contributed by atoms with van der Waals surface area (Å²) in [5.74, 6) is -0.967. The molecule has 7 nitrogen and oxygen atoms in total. The van der Waals surface area contributed by atoms with Gasteiger partial charge in [0.1, 0.15) is 0 Å². The molecular weight excluding hydrogens is 366 g/mol. The standard InChI is InChI=1S/C19H27N3O4S/c1-4-11-26-17(24)10-9-16(23)22-19(27)21-15-8-6-7-14(12-15)18(25)20-13(3)5-2/h6-8,12-13H,4-5,9-11H2,1-3H3,(H,20,25)(H2,21,22,23,27). The third-order valence-corrected chi connectivity index (χ3v) is 3.85. The predicted octanol–water partition coefficient (Wildman–Crippen LogP) is 2.76. The average molecular weight is 394 g/mol. The summed E-state index contributed by atoms with van der Waals surface area (Å²) in [7, 11) is 0. The third-order valence-electron chi connectivity index (χ3n) is 3.65. The molecule has 0 aliphatic rings. The maximum Gasteiger partial charge on any atom is 0.306 e. The van der Waals surface area contributed by atoms with Gasteiger partial charge in [0.05, 0.1) is 13.0 Å². The zero-order valence-corrected chi connectivity index (χ0v) is 16.8. The number of anilines is 1. The number of rotatable bonds is 9. The highest BCUT2D eigenvalue weighted by Gasteiger charge is 2.11. The van der Waals surface area contributed by atoms with Crippen LogP contribution in [0.1, 0.15) is 56.8 Å². The van der Waals surface area contributed by atoms with Gasteiger partial charge < -0.3 is 20.7 Å². The van der Waals surface area contributed by atoms with E-state index in [0.717, 1.165) is 12.8 Å². The Hall–Kier alpha value is -2.48. The average Bonchev–Trinajstić information content (AvgIpc) is 2.64. The van der Waals surface area contributed by atoms with Crippen molar-refractivity contribution in [3.8, 4) is 0 Å². The number of nitrogens with one attached hydrogen (secondary N) is 3. The Morgan fingerprint density at radius 2 is 1.93 bits per heavy atom. The van der Waals surface area contributed by atoms with E-state index in [1.807, 2.05) is 20.8 Å². The number of ether oxygens (including phenoxy) is 1. The Bertz CT molecular complexity index is 679. The topological polar surface area (TPSA) is 96.5 Å². The largest absolute Gasteiger partial charge is 0.466 e. The minimum absolute atomic E-state index is 0.000282. The summed E-state index contributed by atoms with van der Waals surface area (Å²) in [5, 5.41) is 8.35. The van der Waals surface area contributed by atoms with E-state index in [4.69, 9.17) is 17.0 Å². The minimum atomic E-state index is -0.411. The van der Waals surface area contributed by atoms with Crippen LogP contribution >= 0.6 is 12.2 Å². The third kappa shape index (κ3) is 9.14. The van der Waals surface area contributed by atoms with E-state index in [-0.39, 0.29) is 35.8 Å². The molecule has 0 spiro atoms. The van der Waals surface area contributed by atoms with Gasteiger partial charge in [0.15, 0.2) is 5.11 Å². The second-order valence-electron chi connectivity index (χ2n) is 6.09. The van der Waals surface area contributed by atoms with Crippen LogP contribution in [-0.4, -0.2) is 35.5 Å². The van der Waals surface area contributed by atoms with Crippen molar-refractivity contribution in [3.63, 3.8) is 0 Å². The molecule has 0 aliphatic heterocycles. The minimum Gasteiger partial charge on any atom is -0.466 e. The number of carbonyl (C=O) groups excluding carboxylic acids is 3. The Kier molecular flexibility index (Phi) is 10.0. The first-order valence-electron chi connectivity index (χ1n) is 9.03. The molecule has 1 rings (SSSR count). The summed E-state index contributed by atoms with van der Waals surface area (Å²) in [5.41, 5.74) is 1.08. The van der Waals surface area contributed by atoms with Crippen LogP contribution in [0, 0.1) is 0 Å². The van der Waals surface area contributed by atoms with Crippen molar-refractivity contribution >= 4 is 40.8 Å². The van der Waals surface area contributed by atoms with Crippen molar-refractivity contribution in [3.05, 3.63) is 29.8 Å². The van der Waals surface area contributed by atoms with Crippen LogP contribution in [-0.2, 0) is 14.3 Å². The zero-order valence-electron chi connectivity index (χ0n) is 16.0. The molecular formula is C19H27N3O4S. The van der Waals surface area contributed by atoms with E-state index >= 15 is 0 Å². The highest BCUT2D eigenvalue weighted by molar-refractivity contribution is 7.80. The van der Waals surface area contributed by atoms with E-state index in [0.29, 0.717) is 17.9 Å². The molecule has 8 heteroatoms. The summed E-state index contributed by atoms with van der Waals surface area (Å²) in [6.45, 7) is 6.17. The number of esters is 1. The molecule has 148 valence electrons. The van der Waals surface area contributed by atoms with E-state index in [9.17, 15) is 14.4 Å². The Morgan fingerprint density at radius 3 is 2.59 bits per heavy atom. The fourth-order valence-corrected chi connectivity index (χ4v) is 2.23. The van der Waals surface area contributed by atoms with Gasteiger partial charge in [0.2, 0.25) is 5.91 Å². The van der Waals surface area contributed by atoms with Gasteiger partial charge in [-0.1, -0.05) is 19.9 Å². The van der Waals surface area contributed by atoms with Crippen LogP contribution in [0.3, 0.4) is 0 Å². The number of benzene rings is 1. The van der Waals surface area contributed by atoms with Crippen LogP contribution in [0.15, 0.2) is 24.3 Å². The number of thiocarbonyl (C=S) groups is 1. The lowest BCUT2D eigenvalue weighted by atomic mass is 10.1. The quantitative estimate of drug-likeness (QED) is 0.441. The van der Waals surface area contributed by atoms with Crippen molar-refractivity contribution in [2.75, 3.05) is 11.9 Å². The zero-order chi connectivity index (χ0) is 20.2. The monoisotopic (exact) mass is 393 g/mol. The normalized spacial score (nSPS) is 11.2. The van der Waals surface area contributed by atoms with Crippen molar-refractivity contribution in [1.82, 2.24) is 10.6 Å². The molecule has 1 unspecified atom stereocenters. The molecule has 0 heterocycles. The Morgan fingerprint density at radius 1 is 1.19 bits per heavy atom. The molecule has 0 aliphatic carbocycles. The maximum absolute atomic E-state index is 12.2. The van der Waals surface area contributed by atoms with Gasteiger partial charge in [-0.15, -0.1) is 0 Å². The molecule has 1 atom stereocenters. The van der Waals surface area contributed by atoms with Crippen LogP contribution in [0.5, 0.6) is 0 Å². The predicted molar refractivity (Wildman–Crippen MR) is 109 cm³/mol. The van der Waals surface area contributed by atoms with E-state index in [1.54, 1.807) is 24.3 Å². The smallest absolute Gasteiger partial charge is 0.306 e. The lowest BCUT2D eigenvalue weighted by Crippen LogP contribution is -2.34. The van der Waals surface area contributed by atoms with Gasteiger partial charge in [0, 0.05) is 23.7 Å². The van der Waals surface area contributed by atoms with Crippen molar-refractivity contribution in [1.29, 1.82) is 0 Å². The molecule has 0 aromatic heterocycles. The molecule has 0 saturated carbocycles. The van der Waals surface area contributed by atoms with Crippen LogP contribution in [0.2, 0.25) is 0 Å². The summed E-state index contributed by atoms with van der Waals surface area (Å²) < 4.78 is 4.91. The van der Waals surface area contributed by atoms with E-state index < -0.39 is 5.97 Å².